The van der Waals surface area contributed by atoms with E-state index >= 15 is 0 Å². The first-order chi connectivity index (χ1) is 12.3. The molecule has 0 radical (unpaired) electrons. The Morgan fingerprint density at radius 1 is 0.731 bits per heavy atom. The van der Waals surface area contributed by atoms with Crippen LogP contribution in [0.1, 0.15) is 51.9 Å². The van der Waals surface area contributed by atoms with E-state index in [1.807, 2.05) is 0 Å². The Bertz CT molecular complexity index is 441. The number of carboxylic acid groups (broad SMARTS) is 2. The van der Waals surface area contributed by atoms with Gasteiger partial charge in [0.2, 0.25) is 11.8 Å². The second kappa shape index (κ2) is 15.6. The Hall–Kier alpha value is -1.69. The van der Waals surface area contributed by atoms with Crippen molar-refractivity contribution in [2.45, 2.75) is 51.9 Å². The van der Waals surface area contributed by atoms with Crippen LogP contribution in [-0.4, -0.2) is 65.5 Å². The number of carbonyl (C=O) groups is 4. The molecule has 26 heavy (non-hydrogen) atoms. The summed E-state index contributed by atoms with van der Waals surface area (Å²) < 4.78 is 0. The molecule has 0 bridgehead atoms. The van der Waals surface area contributed by atoms with Gasteiger partial charge < -0.3 is 20.8 Å². The number of carboxylic acids is 2. The fourth-order valence-electron chi connectivity index (χ4n) is 2.29. The van der Waals surface area contributed by atoms with Crippen LogP contribution in [-0.2, 0) is 19.2 Å². The number of amides is 2. The molecule has 150 valence electrons. The largest absolute Gasteiger partial charge is 0.481 e. The molecular formula is C17H31N2O6P. The van der Waals surface area contributed by atoms with Gasteiger partial charge in [-0.2, -0.15) is 0 Å². The van der Waals surface area contributed by atoms with Gasteiger partial charge in [0.25, 0.3) is 0 Å². The molecule has 0 aliphatic heterocycles. The molecule has 0 aromatic heterocycles. The number of rotatable bonds is 16. The summed E-state index contributed by atoms with van der Waals surface area (Å²) in [5, 5.41) is 23.1. The van der Waals surface area contributed by atoms with E-state index in [2.05, 4.69) is 10.6 Å². The maximum atomic E-state index is 11.9. The van der Waals surface area contributed by atoms with E-state index < -0.39 is 19.9 Å². The van der Waals surface area contributed by atoms with Crippen LogP contribution in [0.2, 0.25) is 0 Å². The van der Waals surface area contributed by atoms with Crippen molar-refractivity contribution in [3.8, 4) is 0 Å². The van der Waals surface area contributed by atoms with Crippen LogP contribution in [0.5, 0.6) is 0 Å². The summed E-state index contributed by atoms with van der Waals surface area (Å²) in [5.41, 5.74) is 0. The van der Waals surface area contributed by atoms with E-state index in [4.69, 9.17) is 10.2 Å². The lowest BCUT2D eigenvalue weighted by Gasteiger charge is -2.15. The molecule has 0 unspecified atom stereocenters. The van der Waals surface area contributed by atoms with Gasteiger partial charge in [-0.15, -0.1) is 7.92 Å². The third-order valence-corrected chi connectivity index (χ3v) is 6.31. The highest BCUT2D eigenvalue weighted by molar-refractivity contribution is 7.57. The van der Waals surface area contributed by atoms with Crippen molar-refractivity contribution in [3.63, 3.8) is 0 Å². The van der Waals surface area contributed by atoms with Gasteiger partial charge in [-0.1, -0.05) is 12.8 Å². The summed E-state index contributed by atoms with van der Waals surface area (Å²) in [4.78, 5) is 43.9. The lowest BCUT2D eigenvalue weighted by Crippen LogP contribution is -2.25. The van der Waals surface area contributed by atoms with Gasteiger partial charge in [-0.05, 0) is 31.3 Å². The highest BCUT2D eigenvalue weighted by atomic mass is 31.1. The van der Waals surface area contributed by atoms with E-state index in [0.717, 1.165) is 25.7 Å². The Balaban J connectivity index is 3.81. The number of carbonyl (C=O) groups excluding carboxylic acids is 2. The lowest BCUT2D eigenvalue weighted by molar-refractivity contribution is -0.137. The maximum absolute atomic E-state index is 11.9. The van der Waals surface area contributed by atoms with Crippen LogP contribution in [0.15, 0.2) is 0 Å². The Morgan fingerprint density at radius 2 is 1.19 bits per heavy atom. The molecule has 2 amide bonds. The van der Waals surface area contributed by atoms with Crippen molar-refractivity contribution in [3.05, 3.63) is 0 Å². The standard InChI is InChI=1S/C17H31N2O6P/c1-14(20)18-9-4-2-3-5-10-19-15(21)6-11-26(12-7-16(22)23)13-8-17(24)25/h2-13H2,1H3,(H,18,20)(H,19,21)(H,22,23)(H,24,25). The quantitative estimate of drug-likeness (QED) is 0.234. The molecule has 0 spiro atoms. The molecule has 9 heteroatoms. The lowest BCUT2D eigenvalue weighted by atomic mass is 10.2. The number of nitrogens with one attached hydrogen (secondary N) is 2. The van der Waals surface area contributed by atoms with Crippen LogP contribution >= 0.6 is 7.92 Å². The first-order valence-electron chi connectivity index (χ1n) is 8.98. The fourth-order valence-corrected chi connectivity index (χ4v) is 4.49. The monoisotopic (exact) mass is 390 g/mol. The Labute approximate surface area is 155 Å². The molecule has 0 atom stereocenters. The second-order valence-corrected chi connectivity index (χ2v) is 8.81. The molecule has 0 aromatic carbocycles. The summed E-state index contributed by atoms with van der Waals surface area (Å²) in [7, 11) is -0.749. The Kier molecular flexibility index (Phi) is 14.5. The van der Waals surface area contributed by atoms with Crippen molar-refractivity contribution in [1.82, 2.24) is 10.6 Å². The second-order valence-electron chi connectivity index (χ2n) is 6.13. The van der Waals surface area contributed by atoms with Gasteiger partial charge in [0.05, 0.1) is 0 Å². The summed E-state index contributed by atoms with van der Waals surface area (Å²) in [5.74, 6) is -1.88. The fraction of sp³-hybridized carbons (Fsp3) is 0.765. The topological polar surface area (TPSA) is 133 Å². The van der Waals surface area contributed by atoms with Crippen molar-refractivity contribution in [1.29, 1.82) is 0 Å². The minimum Gasteiger partial charge on any atom is -0.481 e. The van der Waals surface area contributed by atoms with E-state index in [1.54, 1.807) is 0 Å². The minimum absolute atomic E-state index is 0.0193. The third-order valence-electron chi connectivity index (χ3n) is 3.74. The van der Waals surface area contributed by atoms with E-state index in [-0.39, 0.29) is 24.7 Å². The zero-order valence-corrected chi connectivity index (χ0v) is 16.4. The van der Waals surface area contributed by atoms with Crippen LogP contribution in [0.3, 0.4) is 0 Å². The van der Waals surface area contributed by atoms with Crippen molar-refractivity contribution in [2.75, 3.05) is 31.6 Å². The summed E-state index contributed by atoms with van der Waals surface area (Å²) in [6.07, 6.45) is 5.60. The van der Waals surface area contributed by atoms with Crippen molar-refractivity contribution in [2.24, 2.45) is 0 Å². The molecule has 8 nitrogen and oxygen atoms in total. The van der Waals surface area contributed by atoms with Gasteiger partial charge in [-0.25, -0.2) is 0 Å². The van der Waals surface area contributed by atoms with Crippen LogP contribution < -0.4 is 10.6 Å². The van der Waals surface area contributed by atoms with Gasteiger partial charge in [0, 0.05) is 39.3 Å². The maximum Gasteiger partial charge on any atom is 0.303 e. The van der Waals surface area contributed by atoms with E-state index in [1.165, 1.54) is 6.92 Å². The predicted octanol–water partition coefficient (Wildman–Crippen LogP) is 1.62. The van der Waals surface area contributed by atoms with Gasteiger partial charge in [0.15, 0.2) is 0 Å². The summed E-state index contributed by atoms with van der Waals surface area (Å²) >= 11 is 0. The molecule has 0 heterocycles. The molecule has 0 fully saturated rings. The van der Waals surface area contributed by atoms with Crippen molar-refractivity contribution >= 4 is 31.7 Å². The molecule has 0 rings (SSSR count). The molecule has 0 aromatic rings. The zero-order valence-electron chi connectivity index (χ0n) is 15.5. The predicted molar refractivity (Wildman–Crippen MR) is 101 cm³/mol. The van der Waals surface area contributed by atoms with E-state index in [0.29, 0.717) is 38.0 Å². The SMILES string of the molecule is CC(=O)NCCCCCCNC(=O)CCP(CCC(=O)O)CCC(=O)O. The average Bonchev–Trinajstić information content (AvgIpc) is 2.55. The highest BCUT2D eigenvalue weighted by Crippen LogP contribution is 2.37. The van der Waals surface area contributed by atoms with Crippen LogP contribution in [0.25, 0.3) is 0 Å². The number of aliphatic carboxylic acids is 2. The van der Waals surface area contributed by atoms with Gasteiger partial charge in [0.1, 0.15) is 0 Å². The molecule has 0 saturated carbocycles. The number of hydrogen-bond acceptors (Lipinski definition) is 4. The molecule has 0 aliphatic rings. The van der Waals surface area contributed by atoms with Gasteiger partial charge >= 0.3 is 11.9 Å². The third kappa shape index (κ3) is 17.1. The normalized spacial score (nSPS) is 10.5. The first-order valence-corrected chi connectivity index (χ1v) is 10.9. The average molecular weight is 390 g/mol. The highest BCUT2D eigenvalue weighted by Gasteiger charge is 2.14. The zero-order chi connectivity index (χ0) is 19.8. The van der Waals surface area contributed by atoms with Crippen molar-refractivity contribution < 1.29 is 29.4 Å². The van der Waals surface area contributed by atoms with Crippen LogP contribution in [0.4, 0.5) is 0 Å². The summed E-state index contributed by atoms with van der Waals surface area (Å²) in [6.45, 7) is 2.77. The van der Waals surface area contributed by atoms with Gasteiger partial charge in [-0.3, -0.25) is 19.2 Å². The first kappa shape index (κ1) is 24.3. The molecule has 4 N–H and O–H groups in total. The molecular weight excluding hydrogens is 359 g/mol. The van der Waals surface area contributed by atoms with E-state index in [9.17, 15) is 19.2 Å². The summed E-state index contributed by atoms with van der Waals surface area (Å²) in [6, 6.07) is 0. The smallest absolute Gasteiger partial charge is 0.303 e. The molecule has 0 aliphatic carbocycles. The molecule has 0 saturated heterocycles. The number of unbranched alkanes of at least 4 members (excludes halogenated alkanes) is 3. The van der Waals surface area contributed by atoms with Crippen LogP contribution in [0, 0.1) is 0 Å². The number of hydrogen-bond donors (Lipinski definition) is 4. The Morgan fingerprint density at radius 3 is 1.65 bits per heavy atom. The minimum atomic E-state index is -0.893.